The van der Waals surface area contributed by atoms with Crippen LogP contribution in [0.15, 0.2) is 47.9 Å². The number of Topliss-reactive ketones (excluding diaryl/α,β-unsaturated/α-hetero) is 1. The number of aromatic nitrogens is 1. The Balaban J connectivity index is 1.45. The van der Waals surface area contributed by atoms with Crippen LogP contribution in [0.3, 0.4) is 0 Å². The van der Waals surface area contributed by atoms with E-state index in [9.17, 15) is 19.5 Å². The maximum absolute atomic E-state index is 12.6. The number of anilines is 1. The Morgan fingerprint density at radius 2 is 1.71 bits per heavy atom. The molecule has 2 aromatic rings. The molecular weight excluding hydrogens is 477 g/mol. The van der Waals surface area contributed by atoms with E-state index in [1.165, 1.54) is 12.4 Å². The number of rotatable bonds is 7. The standard InChI is InChI=1S/C25H25Cl2N3O4/c1-14-21(25(22(14)31)9-3-2-4-10-25)30-19(24(33)34)11-15-5-7-16(8-6-15)29-23(32)20-17(26)12-28-13-18(20)27/h5-8,12-13,19,30H,2-4,9-11H2,1H3,(H,29,32)(H,33,34)/t19-/m0/s1. The fraction of sp³-hybridized carbons (Fsp3) is 0.360. The Kier molecular flexibility index (Phi) is 6.96. The average molecular weight is 502 g/mol. The van der Waals surface area contributed by atoms with Crippen molar-refractivity contribution in [2.45, 2.75) is 51.5 Å². The van der Waals surface area contributed by atoms with Crippen LogP contribution in [0.4, 0.5) is 5.69 Å². The molecule has 7 nitrogen and oxygen atoms in total. The summed E-state index contributed by atoms with van der Waals surface area (Å²) >= 11 is 12.1. The predicted molar refractivity (Wildman–Crippen MR) is 130 cm³/mol. The lowest BCUT2D eigenvalue weighted by Gasteiger charge is -2.47. The molecule has 1 atom stereocenters. The zero-order chi connectivity index (χ0) is 24.5. The largest absolute Gasteiger partial charge is 0.480 e. The van der Waals surface area contributed by atoms with Gasteiger partial charge in [-0.15, -0.1) is 0 Å². The normalized spacial score (nSPS) is 17.8. The van der Waals surface area contributed by atoms with E-state index in [2.05, 4.69) is 15.6 Å². The van der Waals surface area contributed by atoms with Gasteiger partial charge < -0.3 is 15.7 Å². The second-order valence-electron chi connectivity index (χ2n) is 8.84. The summed E-state index contributed by atoms with van der Waals surface area (Å²) in [5.74, 6) is -1.30. The molecule has 0 unspecified atom stereocenters. The van der Waals surface area contributed by atoms with Crippen molar-refractivity contribution in [3.8, 4) is 0 Å². The quantitative estimate of drug-likeness (QED) is 0.490. The van der Waals surface area contributed by atoms with Crippen LogP contribution in [0, 0.1) is 5.41 Å². The smallest absolute Gasteiger partial charge is 0.326 e. The molecule has 3 N–H and O–H groups in total. The van der Waals surface area contributed by atoms with Gasteiger partial charge in [-0.05, 0) is 37.5 Å². The molecule has 0 aliphatic heterocycles. The van der Waals surface area contributed by atoms with Crippen molar-refractivity contribution in [3.63, 3.8) is 0 Å². The number of carboxylic acid groups (broad SMARTS) is 1. The molecule has 2 aliphatic rings. The van der Waals surface area contributed by atoms with Gasteiger partial charge in [0.15, 0.2) is 5.78 Å². The zero-order valence-corrected chi connectivity index (χ0v) is 20.2. The molecule has 2 aliphatic carbocycles. The van der Waals surface area contributed by atoms with Crippen molar-refractivity contribution in [3.05, 3.63) is 69.1 Å². The molecule has 0 radical (unpaired) electrons. The highest BCUT2D eigenvalue weighted by atomic mass is 35.5. The number of amides is 1. The highest BCUT2D eigenvalue weighted by molar-refractivity contribution is 6.40. The topological polar surface area (TPSA) is 108 Å². The maximum Gasteiger partial charge on any atom is 0.326 e. The first-order valence-corrected chi connectivity index (χ1v) is 11.9. The number of hydrogen-bond donors (Lipinski definition) is 3. The van der Waals surface area contributed by atoms with Gasteiger partial charge in [0.2, 0.25) is 0 Å². The Hall–Kier alpha value is -2.90. The zero-order valence-electron chi connectivity index (χ0n) is 18.7. The van der Waals surface area contributed by atoms with Crippen LogP contribution in [-0.4, -0.2) is 33.8 Å². The number of carbonyl (C=O) groups excluding carboxylic acids is 2. The number of carbonyl (C=O) groups is 3. The molecule has 34 heavy (non-hydrogen) atoms. The summed E-state index contributed by atoms with van der Waals surface area (Å²) in [5, 5.41) is 16.0. The molecule has 0 bridgehead atoms. The summed E-state index contributed by atoms with van der Waals surface area (Å²) in [7, 11) is 0. The van der Waals surface area contributed by atoms with E-state index in [-0.39, 0.29) is 27.8 Å². The van der Waals surface area contributed by atoms with E-state index in [4.69, 9.17) is 23.2 Å². The van der Waals surface area contributed by atoms with Crippen LogP contribution in [0.25, 0.3) is 0 Å². The van der Waals surface area contributed by atoms with E-state index < -0.39 is 23.3 Å². The first-order chi connectivity index (χ1) is 16.2. The molecule has 1 fully saturated rings. The third kappa shape index (κ3) is 4.55. The molecule has 1 spiro atoms. The number of nitrogens with one attached hydrogen (secondary N) is 2. The molecule has 1 aromatic heterocycles. The van der Waals surface area contributed by atoms with Crippen LogP contribution in [0.2, 0.25) is 10.0 Å². The Bertz CT molecular complexity index is 1150. The third-order valence-corrected chi connectivity index (χ3v) is 7.26. The molecule has 4 rings (SSSR count). The highest BCUT2D eigenvalue weighted by Gasteiger charge is 2.52. The van der Waals surface area contributed by atoms with Crippen molar-refractivity contribution < 1.29 is 19.5 Å². The minimum Gasteiger partial charge on any atom is -0.480 e. The Morgan fingerprint density at radius 1 is 1.09 bits per heavy atom. The van der Waals surface area contributed by atoms with Gasteiger partial charge in [0.1, 0.15) is 6.04 Å². The lowest BCUT2D eigenvalue weighted by atomic mass is 9.59. The Morgan fingerprint density at radius 3 is 2.29 bits per heavy atom. The second-order valence-corrected chi connectivity index (χ2v) is 9.65. The van der Waals surface area contributed by atoms with E-state index in [0.717, 1.165) is 43.4 Å². The number of benzene rings is 1. The number of pyridine rings is 1. The minimum atomic E-state index is -0.982. The van der Waals surface area contributed by atoms with E-state index >= 15 is 0 Å². The van der Waals surface area contributed by atoms with Crippen molar-refractivity contribution in [1.82, 2.24) is 10.3 Å². The van der Waals surface area contributed by atoms with Gasteiger partial charge >= 0.3 is 5.97 Å². The van der Waals surface area contributed by atoms with Gasteiger partial charge in [-0.1, -0.05) is 54.6 Å². The summed E-state index contributed by atoms with van der Waals surface area (Å²) in [6.07, 6.45) is 7.52. The number of carboxylic acids is 1. The molecule has 1 saturated carbocycles. The molecular formula is C25H25Cl2N3O4. The molecule has 9 heteroatoms. The van der Waals surface area contributed by atoms with Crippen LogP contribution in [0.5, 0.6) is 0 Å². The number of allylic oxidation sites excluding steroid dienone is 2. The third-order valence-electron chi connectivity index (χ3n) is 6.68. The summed E-state index contributed by atoms with van der Waals surface area (Å²) in [6, 6.07) is 6.02. The fourth-order valence-corrected chi connectivity index (χ4v) is 5.45. The summed E-state index contributed by atoms with van der Waals surface area (Å²) in [4.78, 5) is 41.0. The van der Waals surface area contributed by atoms with Gasteiger partial charge in [-0.2, -0.15) is 0 Å². The lowest BCUT2D eigenvalue weighted by molar-refractivity contribution is -0.140. The van der Waals surface area contributed by atoms with Crippen molar-refractivity contribution >= 4 is 46.5 Å². The van der Waals surface area contributed by atoms with Gasteiger partial charge in [0, 0.05) is 35.8 Å². The van der Waals surface area contributed by atoms with E-state index in [1.54, 1.807) is 31.2 Å². The monoisotopic (exact) mass is 501 g/mol. The summed E-state index contributed by atoms with van der Waals surface area (Å²) in [6.45, 7) is 1.77. The maximum atomic E-state index is 12.6. The number of ketones is 1. The summed E-state index contributed by atoms with van der Waals surface area (Å²) < 4.78 is 0. The average Bonchev–Trinajstić information content (AvgIpc) is 2.82. The number of aliphatic carboxylic acids is 1. The van der Waals surface area contributed by atoms with E-state index in [1.807, 2.05) is 0 Å². The fourth-order valence-electron chi connectivity index (χ4n) is 4.92. The first-order valence-electron chi connectivity index (χ1n) is 11.2. The Labute approximate surface area is 207 Å². The molecule has 178 valence electrons. The van der Waals surface area contributed by atoms with Crippen molar-refractivity contribution in [2.75, 3.05) is 5.32 Å². The van der Waals surface area contributed by atoms with Crippen LogP contribution < -0.4 is 10.6 Å². The van der Waals surface area contributed by atoms with Crippen molar-refractivity contribution in [1.29, 1.82) is 0 Å². The van der Waals surface area contributed by atoms with Crippen LogP contribution in [0.1, 0.15) is 54.9 Å². The molecule has 1 heterocycles. The second kappa shape index (κ2) is 9.76. The number of nitrogens with zero attached hydrogens (tertiary/aromatic N) is 1. The van der Waals surface area contributed by atoms with Gasteiger partial charge in [0.25, 0.3) is 5.91 Å². The van der Waals surface area contributed by atoms with Crippen LogP contribution in [-0.2, 0) is 16.0 Å². The first kappa shape index (κ1) is 24.2. The molecule has 1 aromatic carbocycles. The lowest BCUT2D eigenvalue weighted by Crippen LogP contribution is -2.54. The minimum absolute atomic E-state index is 0.132. The van der Waals surface area contributed by atoms with Gasteiger partial charge in [0.05, 0.1) is 21.0 Å². The van der Waals surface area contributed by atoms with Crippen molar-refractivity contribution in [2.24, 2.45) is 5.41 Å². The number of hydrogen-bond acceptors (Lipinski definition) is 5. The molecule has 0 saturated heterocycles. The van der Waals surface area contributed by atoms with Gasteiger partial charge in [-0.25, -0.2) is 4.79 Å². The molecule has 1 amide bonds. The van der Waals surface area contributed by atoms with E-state index in [0.29, 0.717) is 11.3 Å². The SMILES string of the molecule is CC1=C(N[C@@H](Cc2ccc(NC(=O)c3c(Cl)cncc3Cl)cc2)C(=O)O)C2(CCCCC2)C1=O. The van der Waals surface area contributed by atoms with Crippen LogP contribution >= 0.6 is 23.2 Å². The number of halogens is 2. The van der Waals surface area contributed by atoms with Gasteiger partial charge in [-0.3, -0.25) is 14.6 Å². The summed E-state index contributed by atoms with van der Waals surface area (Å²) in [5.41, 5.74) is 2.33. The highest BCUT2D eigenvalue weighted by Crippen LogP contribution is 2.51. The predicted octanol–water partition coefficient (Wildman–Crippen LogP) is 5.03.